The van der Waals surface area contributed by atoms with E-state index in [1.165, 1.54) is 12.1 Å². The van der Waals surface area contributed by atoms with Gasteiger partial charge in [0.05, 0.1) is 0 Å². The molecule has 20 heavy (non-hydrogen) atoms. The first-order chi connectivity index (χ1) is 9.44. The number of amides is 1. The fraction of sp³-hybridized carbons (Fsp3) is 0.533. The van der Waals surface area contributed by atoms with Gasteiger partial charge in [0.25, 0.3) is 0 Å². The second kappa shape index (κ2) is 5.79. The van der Waals surface area contributed by atoms with Crippen LogP contribution >= 0.6 is 0 Å². The fourth-order valence-corrected chi connectivity index (χ4v) is 2.31. The Morgan fingerprint density at radius 2 is 2.25 bits per heavy atom. The Balaban J connectivity index is 2.16. The number of carbonyl (C=O) groups is 1. The smallest absolute Gasteiger partial charge is 0.239 e. The number of nitrogens with one attached hydrogen (secondary N) is 1. The zero-order chi connectivity index (χ0) is 14.8. The third-order valence-corrected chi connectivity index (χ3v) is 3.71. The van der Waals surface area contributed by atoms with Crippen molar-refractivity contribution in [2.45, 2.75) is 38.3 Å². The lowest BCUT2D eigenvalue weighted by molar-refractivity contribution is -0.123. The van der Waals surface area contributed by atoms with Gasteiger partial charge in [-0.05, 0) is 44.9 Å². The number of likely N-dealkylation sites (N-methyl/N-ethyl adjacent to an activating group) is 1. The van der Waals surface area contributed by atoms with Crippen LogP contribution in [0.4, 0.5) is 10.1 Å². The molecule has 5 heteroatoms. The molecule has 0 aliphatic heterocycles. The van der Waals surface area contributed by atoms with Crippen LogP contribution in [0.3, 0.4) is 0 Å². The quantitative estimate of drug-likeness (QED) is 0.798. The number of hydrogen-bond acceptors (Lipinski definition) is 3. The Morgan fingerprint density at radius 1 is 1.55 bits per heavy atom. The molecule has 2 rings (SSSR count). The standard InChI is InChI=1S/C15H22FN3O/c1-3-19(13-6-4-5-11(16)9-13)10-15(2,14(17)20)18-12-7-8-12/h4-6,9,12,18H,3,7-8,10H2,1-2H3,(H2,17,20). The van der Waals surface area contributed by atoms with Crippen LogP contribution < -0.4 is 16.0 Å². The van der Waals surface area contributed by atoms with Crippen LogP contribution in [-0.4, -0.2) is 30.6 Å². The molecular weight excluding hydrogens is 257 g/mol. The van der Waals surface area contributed by atoms with Crippen molar-refractivity contribution >= 4 is 11.6 Å². The summed E-state index contributed by atoms with van der Waals surface area (Å²) in [5.74, 6) is -0.656. The van der Waals surface area contributed by atoms with Crippen molar-refractivity contribution in [1.29, 1.82) is 0 Å². The van der Waals surface area contributed by atoms with Crippen molar-refractivity contribution in [3.05, 3.63) is 30.1 Å². The lowest BCUT2D eigenvalue weighted by atomic mass is 10.00. The van der Waals surface area contributed by atoms with Crippen LogP contribution in [0.5, 0.6) is 0 Å². The summed E-state index contributed by atoms with van der Waals surface area (Å²) in [5.41, 5.74) is 5.52. The summed E-state index contributed by atoms with van der Waals surface area (Å²) in [4.78, 5) is 13.8. The lowest BCUT2D eigenvalue weighted by Crippen LogP contribution is -2.60. The molecule has 1 aromatic rings. The topological polar surface area (TPSA) is 58.4 Å². The van der Waals surface area contributed by atoms with Crippen molar-refractivity contribution < 1.29 is 9.18 Å². The summed E-state index contributed by atoms with van der Waals surface area (Å²) in [5, 5.41) is 3.31. The fourth-order valence-electron chi connectivity index (χ4n) is 2.31. The minimum absolute atomic E-state index is 0.281. The molecule has 4 nitrogen and oxygen atoms in total. The van der Waals surface area contributed by atoms with Gasteiger partial charge in [-0.1, -0.05) is 6.07 Å². The molecule has 110 valence electrons. The number of benzene rings is 1. The second-order valence-corrected chi connectivity index (χ2v) is 5.61. The Kier molecular flexibility index (Phi) is 4.28. The Bertz CT molecular complexity index is 490. The summed E-state index contributed by atoms with van der Waals surface area (Å²) in [6.07, 6.45) is 2.16. The van der Waals surface area contributed by atoms with Gasteiger partial charge in [0, 0.05) is 24.8 Å². The number of anilines is 1. The van der Waals surface area contributed by atoms with E-state index in [1.807, 2.05) is 24.8 Å². The van der Waals surface area contributed by atoms with Crippen molar-refractivity contribution in [3.63, 3.8) is 0 Å². The van der Waals surface area contributed by atoms with Gasteiger partial charge in [-0.15, -0.1) is 0 Å². The first-order valence-electron chi connectivity index (χ1n) is 7.03. The molecule has 0 aromatic heterocycles. The largest absolute Gasteiger partial charge is 0.369 e. The van der Waals surface area contributed by atoms with Gasteiger partial charge < -0.3 is 10.6 Å². The second-order valence-electron chi connectivity index (χ2n) is 5.61. The highest BCUT2D eigenvalue weighted by Gasteiger charge is 2.38. The third-order valence-electron chi connectivity index (χ3n) is 3.71. The molecule has 1 aliphatic carbocycles. The highest BCUT2D eigenvalue weighted by atomic mass is 19.1. The number of nitrogens with zero attached hydrogens (tertiary/aromatic N) is 1. The number of primary amides is 1. The molecule has 1 atom stereocenters. The van der Waals surface area contributed by atoms with Crippen LogP contribution in [0.25, 0.3) is 0 Å². The zero-order valence-corrected chi connectivity index (χ0v) is 12.0. The van der Waals surface area contributed by atoms with E-state index < -0.39 is 5.54 Å². The van der Waals surface area contributed by atoms with Gasteiger partial charge in [-0.2, -0.15) is 0 Å². The summed E-state index contributed by atoms with van der Waals surface area (Å²) >= 11 is 0. The van der Waals surface area contributed by atoms with E-state index >= 15 is 0 Å². The highest BCUT2D eigenvalue weighted by Crippen LogP contribution is 2.24. The molecule has 0 bridgehead atoms. The Morgan fingerprint density at radius 3 is 2.75 bits per heavy atom. The van der Waals surface area contributed by atoms with Crippen LogP contribution in [0, 0.1) is 5.82 Å². The summed E-state index contributed by atoms with van der Waals surface area (Å²) in [6.45, 7) is 4.90. The maximum atomic E-state index is 13.3. The van der Waals surface area contributed by atoms with E-state index in [0.29, 0.717) is 19.1 Å². The van der Waals surface area contributed by atoms with E-state index in [-0.39, 0.29) is 11.7 Å². The number of halogens is 1. The minimum Gasteiger partial charge on any atom is -0.369 e. The lowest BCUT2D eigenvalue weighted by Gasteiger charge is -2.35. The van der Waals surface area contributed by atoms with Gasteiger partial charge in [0.1, 0.15) is 11.4 Å². The van der Waals surface area contributed by atoms with Gasteiger partial charge in [-0.25, -0.2) is 4.39 Å². The monoisotopic (exact) mass is 279 g/mol. The van der Waals surface area contributed by atoms with Crippen molar-refractivity contribution in [1.82, 2.24) is 5.32 Å². The molecule has 1 aromatic carbocycles. The maximum Gasteiger partial charge on any atom is 0.239 e. The normalized spacial score (nSPS) is 17.6. The SMILES string of the molecule is CCN(CC(C)(NC1CC1)C(N)=O)c1cccc(F)c1. The van der Waals surface area contributed by atoms with E-state index in [1.54, 1.807) is 6.07 Å². The molecule has 1 unspecified atom stereocenters. The third kappa shape index (κ3) is 3.48. The van der Waals surface area contributed by atoms with E-state index in [0.717, 1.165) is 18.5 Å². The maximum absolute atomic E-state index is 13.3. The van der Waals surface area contributed by atoms with Crippen molar-refractivity contribution in [2.24, 2.45) is 5.73 Å². The van der Waals surface area contributed by atoms with Gasteiger partial charge >= 0.3 is 0 Å². The average molecular weight is 279 g/mol. The average Bonchev–Trinajstić information content (AvgIpc) is 3.19. The number of rotatable bonds is 7. The minimum atomic E-state index is -0.802. The predicted molar refractivity (Wildman–Crippen MR) is 78.0 cm³/mol. The van der Waals surface area contributed by atoms with Gasteiger partial charge in [-0.3, -0.25) is 10.1 Å². The van der Waals surface area contributed by atoms with E-state index in [4.69, 9.17) is 5.73 Å². The van der Waals surface area contributed by atoms with Crippen LogP contribution in [0.1, 0.15) is 26.7 Å². The number of hydrogen-bond donors (Lipinski definition) is 2. The molecule has 1 fully saturated rings. The first kappa shape index (κ1) is 14.8. The van der Waals surface area contributed by atoms with Crippen LogP contribution in [-0.2, 0) is 4.79 Å². The number of carbonyl (C=O) groups excluding carboxylic acids is 1. The molecule has 1 amide bonds. The predicted octanol–water partition coefficient (Wildman–Crippen LogP) is 1.65. The van der Waals surface area contributed by atoms with Crippen LogP contribution in [0.2, 0.25) is 0 Å². The molecule has 1 saturated carbocycles. The Hall–Kier alpha value is -1.62. The zero-order valence-electron chi connectivity index (χ0n) is 12.0. The number of nitrogens with two attached hydrogens (primary N) is 1. The van der Waals surface area contributed by atoms with Gasteiger partial charge in [0.2, 0.25) is 5.91 Å². The summed E-state index contributed by atoms with van der Waals surface area (Å²) < 4.78 is 13.3. The Labute approximate surface area is 119 Å². The van der Waals surface area contributed by atoms with Crippen molar-refractivity contribution in [3.8, 4) is 0 Å². The van der Waals surface area contributed by atoms with Crippen LogP contribution in [0.15, 0.2) is 24.3 Å². The molecule has 1 aliphatic rings. The molecular formula is C15H22FN3O. The molecule has 0 saturated heterocycles. The molecule has 0 spiro atoms. The van der Waals surface area contributed by atoms with Crippen molar-refractivity contribution in [2.75, 3.05) is 18.0 Å². The molecule has 0 heterocycles. The molecule has 3 N–H and O–H groups in total. The summed E-state index contributed by atoms with van der Waals surface area (Å²) in [6, 6.07) is 6.77. The first-order valence-corrected chi connectivity index (χ1v) is 7.03. The van der Waals surface area contributed by atoms with E-state index in [9.17, 15) is 9.18 Å². The summed E-state index contributed by atoms with van der Waals surface area (Å²) in [7, 11) is 0. The van der Waals surface area contributed by atoms with E-state index in [2.05, 4.69) is 5.32 Å². The molecule has 0 radical (unpaired) electrons. The highest BCUT2D eigenvalue weighted by molar-refractivity contribution is 5.85. The van der Waals surface area contributed by atoms with Gasteiger partial charge in [0.15, 0.2) is 0 Å².